The van der Waals surface area contributed by atoms with Gasteiger partial charge >= 0.3 is 0 Å². The number of halogens is 1. The highest BCUT2D eigenvalue weighted by Gasteiger charge is 2.10. The number of nitrogens with two attached hydrogens (primary N) is 1. The minimum Gasteiger partial charge on any atom is -0.398 e. The highest BCUT2D eigenvalue weighted by molar-refractivity contribution is 6.33. The molecule has 1 aromatic carbocycles. The van der Waals surface area contributed by atoms with Crippen molar-refractivity contribution in [1.29, 1.82) is 5.26 Å². The van der Waals surface area contributed by atoms with E-state index in [0.717, 1.165) is 5.56 Å². The molecule has 0 saturated heterocycles. The molecule has 0 spiro atoms. The number of aromatic nitrogens is 1. The summed E-state index contributed by atoms with van der Waals surface area (Å²) >= 11 is 5.89. The zero-order valence-electron chi connectivity index (χ0n) is 12.3. The van der Waals surface area contributed by atoms with Crippen molar-refractivity contribution in [2.24, 2.45) is 0 Å². The first-order valence-corrected chi connectivity index (χ1v) is 7.03. The third kappa shape index (κ3) is 4.46. The molecule has 0 atom stereocenters. The molecule has 0 aliphatic carbocycles. The first-order valence-electron chi connectivity index (χ1n) is 6.65. The predicted molar refractivity (Wildman–Crippen MR) is 90.8 cm³/mol. The molecule has 0 bridgehead atoms. The number of benzene rings is 1. The number of rotatable bonds is 4. The first-order chi connectivity index (χ1) is 11.0. The van der Waals surface area contributed by atoms with Crippen molar-refractivity contribution >= 4 is 34.7 Å². The number of anilines is 3. The van der Waals surface area contributed by atoms with Crippen LogP contribution in [0.25, 0.3) is 0 Å². The maximum atomic E-state index is 12.1. The third-order valence-electron chi connectivity index (χ3n) is 2.90. The molecule has 2 rings (SSSR count). The van der Waals surface area contributed by atoms with Crippen LogP contribution in [-0.4, -0.2) is 10.9 Å². The Labute approximate surface area is 138 Å². The number of carbonyl (C=O) groups is 1. The lowest BCUT2D eigenvalue weighted by molar-refractivity contribution is -0.112. The van der Waals surface area contributed by atoms with E-state index < -0.39 is 5.91 Å². The van der Waals surface area contributed by atoms with E-state index in [9.17, 15) is 4.79 Å². The highest BCUT2D eigenvalue weighted by Crippen LogP contribution is 2.22. The van der Waals surface area contributed by atoms with E-state index in [1.54, 1.807) is 24.4 Å². The quantitative estimate of drug-likeness (QED) is 0.455. The van der Waals surface area contributed by atoms with E-state index in [1.807, 2.05) is 19.1 Å². The number of nitrogen functional groups attached to an aromatic ring is 1. The van der Waals surface area contributed by atoms with Crippen LogP contribution in [0.1, 0.15) is 5.56 Å². The summed E-state index contributed by atoms with van der Waals surface area (Å²) in [5.74, 6) is -0.0189. The lowest BCUT2D eigenvalue weighted by atomic mass is 10.2. The predicted octanol–water partition coefficient (Wildman–Crippen LogP) is 3.08. The van der Waals surface area contributed by atoms with Crippen molar-refractivity contribution < 1.29 is 4.79 Å². The number of carbonyl (C=O) groups excluding carboxylic acids is 1. The van der Waals surface area contributed by atoms with Gasteiger partial charge in [0.05, 0.1) is 10.7 Å². The van der Waals surface area contributed by atoms with Gasteiger partial charge in [-0.3, -0.25) is 4.79 Å². The van der Waals surface area contributed by atoms with Crippen molar-refractivity contribution in [3.63, 3.8) is 0 Å². The van der Waals surface area contributed by atoms with Crippen LogP contribution in [0.2, 0.25) is 5.02 Å². The number of nitrogens with zero attached hydrogens (tertiary/aromatic N) is 2. The van der Waals surface area contributed by atoms with E-state index in [1.165, 1.54) is 12.3 Å². The van der Waals surface area contributed by atoms with Crippen LogP contribution < -0.4 is 16.4 Å². The van der Waals surface area contributed by atoms with Gasteiger partial charge in [-0.1, -0.05) is 11.6 Å². The van der Waals surface area contributed by atoms with Gasteiger partial charge in [0, 0.05) is 18.1 Å². The number of amides is 1. The summed E-state index contributed by atoms with van der Waals surface area (Å²) in [5, 5.41) is 14.8. The zero-order valence-corrected chi connectivity index (χ0v) is 13.1. The van der Waals surface area contributed by atoms with E-state index >= 15 is 0 Å². The fraction of sp³-hybridized carbons (Fsp3) is 0.0625. The van der Waals surface area contributed by atoms with Gasteiger partial charge in [0.2, 0.25) is 0 Å². The van der Waals surface area contributed by atoms with E-state index in [2.05, 4.69) is 15.6 Å². The van der Waals surface area contributed by atoms with Gasteiger partial charge in [0.15, 0.2) is 0 Å². The number of aryl methyl sites for hydroxylation is 1. The molecule has 1 heterocycles. The lowest BCUT2D eigenvalue weighted by Crippen LogP contribution is -2.14. The normalized spacial score (nSPS) is 10.7. The summed E-state index contributed by atoms with van der Waals surface area (Å²) < 4.78 is 0. The molecule has 6 nitrogen and oxygen atoms in total. The summed E-state index contributed by atoms with van der Waals surface area (Å²) in [5.41, 5.74) is 7.38. The van der Waals surface area contributed by atoms with Gasteiger partial charge in [-0.15, -0.1) is 0 Å². The number of pyridine rings is 1. The lowest BCUT2D eigenvalue weighted by Gasteiger charge is -2.06. The summed E-state index contributed by atoms with van der Waals surface area (Å²) in [6.07, 6.45) is 2.93. The molecule has 116 valence electrons. The number of nitriles is 1. The van der Waals surface area contributed by atoms with E-state index in [-0.39, 0.29) is 5.57 Å². The monoisotopic (exact) mass is 327 g/mol. The Morgan fingerprint density at radius 1 is 1.39 bits per heavy atom. The van der Waals surface area contributed by atoms with Crippen molar-refractivity contribution in [3.8, 4) is 6.07 Å². The maximum Gasteiger partial charge on any atom is 0.267 e. The molecule has 0 radical (unpaired) electrons. The Morgan fingerprint density at radius 3 is 2.83 bits per heavy atom. The third-order valence-corrected chi connectivity index (χ3v) is 3.23. The van der Waals surface area contributed by atoms with Crippen LogP contribution in [0, 0.1) is 18.3 Å². The van der Waals surface area contributed by atoms with Crippen LogP contribution >= 0.6 is 11.6 Å². The number of hydrogen-bond acceptors (Lipinski definition) is 5. The molecule has 0 aliphatic heterocycles. The molecule has 7 heteroatoms. The van der Waals surface area contributed by atoms with Crippen LogP contribution in [0.15, 0.2) is 48.3 Å². The van der Waals surface area contributed by atoms with Gasteiger partial charge in [0.1, 0.15) is 17.5 Å². The Hall–Kier alpha value is -3.04. The van der Waals surface area contributed by atoms with E-state index in [4.69, 9.17) is 22.6 Å². The molecule has 0 unspecified atom stereocenters. The van der Waals surface area contributed by atoms with Crippen molar-refractivity contribution in [2.75, 3.05) is 16.4 Å². The average Bonchev–Trinajstić information content (AvgIpc) is 2.51. The largest absolute Gasteiger partial charge is 0.398 e. The second-order valence-corrected chi connectivity index (χ2v) is 5.13. The second-order valence-electron chi connectivity index (χ2n) is 4.72. The standard InChI is InChI=1S/C16H14ClN5O/c1-10-4-5-20-15(6-10)21-9-11(8-18)16(23)22-12-2-3-14(19)13(17)7-12/h2-7,9H,19H2,1H3,(H,20,21)(H,22,23)/b11-9-. The summed E-state index contributed by atoms with van der Waals surface area (Å²) in [6.45, 7) is 1.92. The molecule has 4 N–H and O–H groups in total. The summed E-state index contributed by atoms with van der Waals surface area (Å²) in [4.78, 5) is 16.2. The van der Waals surface area contributed by atoms with Crippen LogP contribution in [0.4, 0.5) is 17.2 Å². The van der Waals surface area contributed by atoms with Crippen LogP contribution in [0.3, 0.4) is 0 Å². The van der Waals surface area contributed by atoms with Gasteiger partial charge in [0.25, 0.3) is 5.91 Å². The molecule has 0 fully saturated rings. The van der Waals surface area contributed by atoms with Crippen LogP contribution in [0.5, 0.6) is 0 Å². The second kappa shape index (κ2) is 7.29. The minimum atomic E-state index is -0.562. The molecular formula is C16H14ClN5O. The Morgan fingerprint density at radius 2 is 2.17 bits per heavy atom. The molecule has 2 aromatic rings. The number of nitrogens with one attached hydrogen (secondary N) is 2. The zero-order chi connectivity index (χ0) is 16.8. The topological polar surface area (TPSA) is 104 Å². The summed E-state index contributed by atoms with van der Waals surface area (Å²) in [6, 6.07) is 10.2. The van der Waals surface area contributed by atoms with Gasteiger partial charge < -0.3 is 16.4 Å². The molecule has 0 saturated carbocycles. The fourth-order valence-electron chi connectivity index (χ4n) is 1.71. The molecule has 0 aliphatic rings. The van der Waals surface area contributed by atoms with Gasteiger partial charge in [-0.2, -0.15) is 5.26 Å². The van der Waals surface area contributed by atoms with Crippen molar-refractivity contribution in [1.82, 2.24) is 4.98 Å². The van der Waals surface area contributed by atoms with Crippen molar-refractivity contribution in [3.05, 3.63) is 58.9 Å². The first kappa shape index (κ1) is 16.3. The van der Waals surface area contributed by atoms with Crippen LogP contribution in [-0.2, 0) is 4.79 Å². The Kier molecular flexibility index (Phi) is 5.18. The van der Waals surface area contributed by atoms with Gasteiger partial charge in [-0.25, -0.2) is 4.98 Å². The Balaban J connectivity index is 2.10. The average molecular weight is 328 g/mol. The van der Waals surface area contributed by atoms with Crippen molar-refractivity contribution in [2.45, 2.75) is 6.92 Å². The van der Waals surface area contributed by atoms with E-state index in [0.29, 0.717) is 22.2 Å². The molecule has 1 aromatic heterocycles. The minimum absolute atomic E-state index is 0.0961. The maximum absolute atomic E-state index is 12.1. The molecule has 1 amide bonds. The highest BCUT2D eigenvalue weighted by atomic mass is 35.5. The fourth-order valence-corrected chi connectivity index (χ4v) is 1.89. The smallest absolute Gasteiger partial charge is 0.267 e. The van der Waals surface area contributed by atoms with Gasteiger partial charge in [-0.05, 0) is 42.8 Å². The SMILES string of the molecule is Cc1ccnc(N/C=C(/C#N)C(=O)Nc2ccc(N)c(Cl)c2)c1. The molecular weight excluding hydrogens is 314 g/mol. The molecule has 23 heavy (non-hydrogen) atoms. The Bertz CT molecular complexity index is 810. The number of hydrogen-bond donors (Lipinski definition) is 3. The summed E-state index contributed by atoms with van der Waals surface area (Å²) in [7, 11) is 0.